The van der Waals surface area contributed by atoms with E-state index in [9.17, 15) is 0 Å². The Morgan fingerprint density at radius 1 is 1.12 bits per heavy atom. The maximum absolute atomic E-state index is 5.82. The molecule has 0 aliphatic heterocycles. The van der Waals surface area contributed by atoms with Crippen molar-refractivity contribution in [3.05, 3.63) is 35.1 Å². The Bertz CT molecular complexity index is 514. The van der Waals surface area contributed by atoms with Crippen LogP contribution in [0.15, 0.2) is 24.3 Å². The van der Waals surface area contributed by atoms with Crippen molar-refractivity contribution in [2.24, 2.45) is 0 Å². The molecular formula is C10H10ClN5O. The molecule has 2 rings (SSSR count). The van der Waals surface area contributed by atoms with E-state index in [0.717, 1.165) is 0 Å². The molecule has 0 aliphatic rings. The van der Waals surface area contributed by atoms with Gasteiger partial charge < -0.3 is 16.2 Å². The molecule has 1 aromatic carbocycles. The first-order valence-electron chi connectivity index (χ1n) is 4.78. The predicted molar refractivity (Wildman–Crippen MR) is 64.4 cm³/mol. The minimum atomic E-state index is 0.0715. The van der Waals surface area contributed by atoms with Crippen LogP contribution in [0.5, 0.6) is 5.75 Å². The van der Waals surface area contributed by atoms with Crippen LogP contribution in [0.4, 0.5) is 11.9 Å². The molecule has 4 N–H and O–H groups in total. The number of rotatable bonds is 3. The maximum atomic E-state index is 5.82. The summed E-state index contributed by atoms with van der Waals surface area (Å²) in [6, 6.07) is 7.01. The van der Waals surface area contributed by atoms with Crippen LogP contribution in [0, 0.1) is 0 Å². The third-order valence-electron chi connectivity index (χ3n) is 1.88. The van der Waals surface area contributed by atoms with Crippen LogP contribution in [-0.2, 0) is 6.61 Å². The van der Waals surface area contributed by atoms with Gasteiger partial charge in [0.15, 0.2) is 5.82 Å². The fourth-order valence-corrected chi connectivity index (χ4v) is 1.41. The maximum Gasteiger partial charge on any atom is 0.225 e. The third-order valence-corrected chi connectivity index (χ3v) is 2.12. The number of nitrogens with zero attached hydrogens (tertiary/aromatic N) is 3. The summed E-state index contributed by atoms with van der Waals surface area (Å²) in [5.41, 5.74) is 10.9. The highest BCUT2D eigenvalue weighted by Gasteiger charge is 2.03. The van der Waals surface area contributed by atoms with Crippen molar-refractivity contribution in [1.82, 2.24) is 15.0 Å². The summed E-state index contributed by atoms with van der Waals surface area (Å²) in [5.74, 6) is 1.13. The van der Waals surface area contributed by atoms with E-state index in [1.165, 1.54) is 0 Å². The molecule has 17 heavy (non-hydrogen) atoms. The van der Waals surface area contributed by atoms with Gasteiger partial charge in [0, 0.05) is 5.02 Å². The van der Waals surface area contributed by atoms with Crippen LogP contribution in [0.3, 0.4) is 0 Å². The van der Waals surface area contributed by atoms with E-state index in [-0.39, 0.29) is 18.5 Å². The lowest BCUT2D eigenvalue weighted by Gasteiger charge is -2.05. The first kappa shape index (κ1) is 11.4. The van der Waals surface area contributed by atoms with Gasteiger partial charge in [-0.1, -0.05) is 17.7 Å². The lowest BCUT2D eigenvalue weighted by Crippen LogP contribution is -2.09. The van der Waals surface area contributed by atoms with Gasteiger partial charge in [0.05, 0.1) is 0 Å². The highest BCUT2D eigenvalue weighted by atomic mass is 35.5. The standard InChI is InChI=1S/C10H10ClN5O/c11-6-2-1-3-7(4-6)17-5-8-14-9(12)16-10(13)15-8/h1-4H,5H2,(H4,12,13,14,15,16). The monoisotopic (exact) mass is 251 g/mol. The zero-order valence-electron chi connectivity index (χ0n) is 8.80. The molecule has 0 unspecified atom stereocenters. The van der Waals surface area contributed by atoms with Crippen molar-refractivity contribution >= 4 is 23.5 Å². The van der Waals surface area contributed by atoms with E-state index in [2.05, 4.69) is 15.0 Å². The molecule has 0 saturated heterocycles. The van der Waals surface area contributed by atoms with Crippen molar-refractivity contribution in [3.63, 3.8) is 0 Å². The highest BCUT2D eigenvalue weighted by molar-refractivity contribution is 6.30. The Kier molecular flexibility index (Phi) is 3.24. The topological polar surface area (TPSA) is 99.9 Å². The largest absolute Gasteiger partial charge is 0.486 e. The zero-order valence-corrected chi connectivity index (χ0v) is 9.55. The molecule has 0 saturated carbocycles. The molecule has 1 aromatic heterocycles. The first-order valence-corrected chi connectivity index (χ1v) is 5.15. The quantitative estimate of drug-likeness (QED) is 0.852. The van der Waals surface area contributed by atoms with Crippen molar-refractivity contribution < 1.29 is 4.74 Å². The summed E-state index contributed by atoms with van der Waals surface area (Å²) < 4.78 is 5.43. The Hall–Kier alpha value is -2.08. The second-order valence-electron chi connectivity index (χ2n) is 3.21. The second-order valence-corrected chi connectivity index (χ2v) is 3.65. The van der Waals surface area contributed by atoms with E-state index in [4.69, 9.17) is 27.8 Å². The average Bonchev–Trinajstić information content (AvgIpc) is 2.25. The minimum Gasteiger partial charge on any atom is -0.486 e. The van der Waals surface area contributed by atoms with Crippen molar-refractivity contribution in [1.29, 1.82) is 0 Å². The van der Waals surface area contributed by atoms with Gasteiger partial charge in [-0.25, -0.2) is 0 Å². The number of halogens is 1. The average molecular weight is 252 g/mol. The second kappa shape index (κ2) is 4.84. The molecule has 6 nitrogen and oxygen atoms in total. The fraction of sp³-hybridized carbons (Fsp3) is 0.100. The van der Waals surface area contributed by atoms with Gasteiger partial charge >= 0.3 is 0 Å². The van der Waals surface area contributed by atoms with Crippen LogP contribution >= 0.6 is 11.6 Å². The van der Waals surface area contributed by atoms with E-state index in [1.807, 2.05) is 0 Å². The molecular weight excluding hydrogens is 242 g/mol. The Morgan fingerprint density at radius 2 is 1.82 bits per heavy atom. The SMILES string of the molecule is Nc1nc(N)nc(COc2cccc(Cl)c2)n1. The van der Waals surface area contributed by atoms with Gasteiger partial charge in [0.2, 0.25) is 11.9 Å². The summed E-state index contributed by atoms with van der Waals surface area (Å²) in [5, 5.41) is 0.595. The Morgan fingerprint density at radius 3 is 2.47 bits per heavy atom. The number of nitrogen functional groups attached to an aromatic ring is 2. The number of nitrogens with two attached hydrogens (primary N) is 2. The van der Waals surface area contributed by atoms with Crippen LogP contribution in [-0.4, -0.2) is 15.0 Å². The van der Waals surface area contributed by atoms with Crippen molar-refractivity contribution in [3.8, 4) is 5.75 Å². The van der Waals surface area contributed by atoms with E-state index < -0.39 is 0 Å². The smallest absolute Gasteiger partial charge is 0.225 e. The number of hydrogen-bond donors (Lipinski definition) is 2. The molecule has 0 radical (unpaired) electrons. The summed E-state index contributed by atoms with van der Waals surface area (Å²) in [6.45, 7) is 0.150. The lowest BCUT2D eigenvalue weighted by atomic mass is 10.3. The van der Waals surface area contributed by atoms with Gasteiger partial charge in [0.1, 0.15) is 12.4 Å². The van der Waals surface area contributed by atoms with Crippen LogP contribution in [0.2, 0.25) is 5.02 Å². The van der Waals surface area contributed by atoms with Crippen molar-refractivity contribution in [2.45, 2.75) is 6.61 Å². The molecule has 1 heterocycles. The number of benzene rings is 1. The van der Waals surface area contributed by atoms with E-state index in [1.54, 1.807) is 24.3 Å². The summed E-state index contributed by atoms with van der Waals surface area (Å²) in [6.07, 6.45) is 0. The van der Waals surface area contributed by atoms with E-state index >= 15 is 0 Å². The van der Waals surface area contributed by atoms with Gasteiger partial charge in [-0.2, -0.15) is 15.0 Å². The van der Waals surface area contributed by atoms with Gasteiger partial charge in [-0.3, -0.25) is 0 Å². The number of hydrogen-bond acceptors (Lipinski definition) is 6. The molecule has 0 atom stereocenters. The summed E-state index contributed by atoms with van der Waals surface area (Å²) >= 11 is 5.82. The van der Waals surface area contributed by atoms with Gasteiger partial charge in [0.25, 0.3) is 0 Å². The molecule has 0 bridgehead atoms. The van der Waals surface area contributed by atoms with Crippen molar-refractivity contribution in [2.75, 3.05) is 11.5 Å². The number of anilines is 2. The van der Waals surface area contributed by atoms with Crippen LogP contribution in [0.25, 0.3) is 0 Å². The Labute approximate surface area is 103 Å². The molecule has 0 fully saturated rings. The van der Waals surface area contributed by atoms with Crippen LogP contribution in [0.1, 0.15) is 5.82 Å². The predicted octanol–water partition coefficient (Wildman–Crippen LogP) is 1.27. The number of aromatic nitrogens is 3. The third kappa shape index (κ3) is 3.18. The first-order chi connectivity index (χ1) is 8.13. The molecule has 88 valence electrons. The molecule has 2 aromatic rings. The van der Waals surface area contributed by atoms with E-state index in [0.29, 0.717) is 16.6 Å². The van der Waals surface area contributed by atoms with Gasteiger partial charge in [-0.05, 0) is 18.2 Å². The lowest BCUT2D eigenvalue weighted by molar-refractivity contribution is 0.296. The summed E-state index contributed by atoms with van der Waals surface area (Å²) in [4.78, 5) is 11.4. The normalized spacial score (nSPS) is 10.2. The fourth-order valence-electron chi connectivity index (χ4n) is 1.23. The highest BCUT2D eigenvalue weighted by Crippen LogP contribution is 2.17. The summed E-state index contributed by atoms with van der Waals surface area (Å²) in [7, 11) is 0. The molecule has 0 spiro atoms. The molecule has 0 amide bonds. The molecule has 7 heteroatoms. The Balaban J connectivity index is 2.07. The molecule has 0 aliphatic carbocycles. The van der Waals surface area contributed by atoms with Crippen LogP contribution < -0.4 is 16.2 Å². The minimum absolute atomic E-state index is 0.0715. The van der Waals surface area contributed by atoms with Gasteiger partial charge in [-0.15, -0.1) is 0 Å². The zero-order chi connectivity index (χ0) is 12.3. The number of ether oxygens (including phenoxy) is 1.